The van der Waals surface area contributed by atoms with E-state index in [4.69, 9.17) is 15.2 Å². The minimum absolute atomic E-state index is 0.240. The van der Waals surface area contributed by atoms with Gasteiger partial charge in [0.15, 0.2) is 5.84 Å². The van der Waals surface area contributed by atoms with E-state index in [0.717, 1.165) is 0 Å². The van der Waals surface area contributed by atoms with Crippen LogP contribution in [0.4, 0.5) is 4.79 Å². The fraction of sp³-hybridized carbons (Fsp3) is 0.600. The van der Waals surface area contributed by atoms with Crippen molar-refractivity contribution < 1.29 is 14.3 Å². The number of amidine groups is 1. The molecule has 5 nitrogen and oxygen atoms in total. The fourth-order valence-corrected chi connectivity index (χ4v) is 0.937. The van der Waals surface area contributed by atoms with E-state index in [0.29, 0.717) is 13.2 Å². The van der Waals surface area contributed by atoms with Gasteiger partial charge in [-0.25, -0.2) is 4.79 Å². The molecule has 0 aromatic carbocycles. The van der Waals surface area contributed by atoms with Crippen molar-refractivity contribution in [1.82, 2.24) is 0 Å². The van der Waals surface area contributed by atoms with E-state index in [-0.39, 0.29) is 5.84 Å². The first-order valence-corrected chi connectivity index (χ1v) is 2.88. The van der Waals surface area contributed by atoms with Gasteiger partial charge in [0, 0.05) is 0 Å². The number of nitrogens with zero attached hydrogens (tertiary/aromatic N) is 1. The van der Waals surface area contributed by atoms with Crippen LogP contribution in [-0.4, -0.2) is 30.7 Å². The van der Waals surface area contributed by atoms with Gasteiger partial charge in [-0.3, -0.25) is 0 Å². The van der Waals surface area contributed by atoms with Crippen molar-refractivity contribution in [2.45, 2.75) is 5.60 Å². The maximum Gasteiger partial charge on any atom is 0.436 e. The summed E-state index contributed by atoms with van der Waals surface area (Å²) < 4.78 is 9.65. The van der Waals surface area contributed by atoms with E-state index in [1.165, 1.54) is 0 Å². The highest BCUT2D eigenvalue weighted by atomic mass is 16.6. The van der Waals surface area contributed by atoms with Gasteiger partial charge in [0.2, 0.25) is 5.60 Å². The third-order valence-electron chi connectivity index (χ3n) is 1.63. The Morgan fingerprint density at radius 2 is 2.30 bits per heavy atom. The first kappa shape index (κ1) is 5.67. The van der Waals surface area contributed by atoms with Gasteiger partial charge < -0.3 is 15.2 Å². The number of hydrogen-bond acceptors (Lipinski definition) is 4. The van der Waals surface area contributed by atoms with Gasteiger partial charge in [-0.05, 0) is 0 Å². The summed E-state index contributed by atoms with van der Waals surface area (Å²) in [6.07, 6.45) is -0.610. The first-order chi connectivity index (χ1) is 4.73. The minimum Gasteiger partial charge on any atom is -0.428 e. The third kappa shape index (κ3) is 0.501. The Morgan fingerprint density at radius 3 is 2.50 bits per heavy atom. The molecule has 2 aliphatic heterocycles. The molecule has 0 bridgehead atoms. The van der Waals surface area contributed by atoms with E-state index in [1.54, 1.807) is 0 Å². The Balaban J connectivity index is 2.27. The number of rotatable bonds is 0. The lowest BCUT2D eigenvalue weighted by Crippen LogP contribution is -2.58. The molecule has 2 aliphatic rings. The number of ether oxygens (including phenoxy) is 2. The summed E-state index contributed by atoms with van der Waals surface area (Å²) in [7, 11) is 0. The predicted molar refractivity (Wildman–Crippen MR) is 31.7 cm³/mol. The van der Waals surface area contributed by atoms with E-state index < -0.39 is 11.7 Å². The molecule has 5 heteroatoms. The number of hydrogen-bond donors (Lipinski definition) is 1. The molecule has 0 aromatic rings. The zero-order valence-electron chi connectivity index (χ0n) is 5.16. The third-order valence-corrected chi connectivity index (χ3v) is 1.63. The number of carbonyl (C=O) groups is 1. The number of carbonyl (C=O) groups excluding carboxylic acids is 1. The molecule has 2 heterocycles. The van der Waals surface area contributed by atoms with Crippen LogP contribution in [0.1, 0.15) is 0 Å². The molecule has 1 saturated heterocycles. The molecule has 2 rings (SSSR count). The van der Waals surface area contributed by atoms with E-state index >= 15 is 0 Å². The molecule has 54 valence electrons. The van der Waals surface area contributed by atoms with Crippen LogP contribution in [0.2, 0.25) is 0 Å². The Kier molecular flexibility index (Phi) is 0.843. The van der Waals surface area contributed by atoms with Crippen molar-refractivity contribution in [2.24, 2.45) is 10.7 Å². The molecule has 0 aliphatic carbocycles. The van der Waals surface area contributed by atoms with Gasteiger partial charge >= 0.3 is 6.09 Å². The highest BCUT2D eigenvalue weighted by molar-refractivity contribution is 6.02. The molecule has 10 heavy (non-hydrogen) atoms. The first-order valence-electron chi connectivity index (χ1n) is 2.88. The van der Waals surface area contributed by atoms with Crippen molar-refractivity contribution in [3.8, 4) is 0 Å². The lowest BCUT2D eigenvalue weighted by molar-refractivity contribution is -0.128. The number of amides is 1. The summed E-state index contributed by atoms with van der Waals surface area (Å²) in [6, 6.07) is 0. The van der Waals surface area contributed by atoms with Crippen LogP contribution in [0.15, 0.2) is 4.99 Å². The van der Waals surface area contributed by atoms with Crippen molar-refractivity contribution >= 4 is 11.9 Å². The summed E-state index contributed by atoms with van der Waals surface area (Å²) in [5.74, 6) is 0.240. The fourth-order valence-electron chi connectivity index (χ4n) is 0.937. The molecule has 0 atom stereocenters. The van der Waals surface area contributed by atoms with Crippen LogP contribution in [-0.2, 0) is 9.47 Å². The Morgan fingerprint density at radius 1 is 1.60 bits per heavy atom. The lowest BCUT2D eigenvalue weighted by atomic mass is 10.0. The standard InChI is InChI=1S/C5H6N2O3/c6-3-5(1-9-2-5)10-4(8)7-3/h1-2H2,(H2,6,7,8). The smallest absolute Gasteiger partial charge is 0.428 e. The summed E-state index contributed by atoms with van der Waals surface area (Å²) in [6.45, 7) is 0.683. The summed E-state index contributed by atoms with van der Waals surface area (Å²) in [5, 5.41) is 0. The predicted octanol–water partition coefficient (Wildman–Crippen LogP) is -0.737. The maximum absolute atomic E-state index is 10.5. The van der Waals surface area contributed by atoms with Crippen LogP contribution < -0.4 is 5.73 Å². The number of aliphatic imine (C=N–C) groups is 1. The van der Waals surface area contributed by atoms with Crippen molar-refractivity contribution in [2.75, 3.05) is 13.2 Å². The van der Waals surface area contributed by atoms with Crippen LogP contribution in [0, 0.1) is 0 Å². The van der Waals surface area contributed by atoms with Gasteiger partial charge in [0.05, 0.1) is 13.2 Å². The van der Waals surface area contributed by atoms with Crippen molar-refractivity contribution in [1.29, 1.82) is 0 Å². The second-order valence-electron chi connectivity index (χ2n) is 2.35. The molecule has 0 radical (unpaired) electrons. The van der Waals surface area contributed by atoms with Gasteiger partial charge in [0.1, 0.15) is 0 Å². The molecule has 0 unspecified atom stereocenters. The summed E-state index contributed by atoms with van der Waals surface area (Å²) >= 11 is 0. The molecule has 2 N–H and O–H groups in total. The highest BCUT2D eigenvalue weighted by Crippen LogP contribution is 2.26. The number of nitrogens with two attached hydrogens (primary N) is 1. The normalized spacial score (nSPS) is 27.6. The SMILES string of the molecule is NC1=NC(=O)OC12COC2. The zero-order chi connectivity index (χ0) is 7.19. The molecule has 0 aromatic heterocycles. The quantitative estimate of drug-likeness (QED) is 0.483. The minimum atomic E-state index is -0.697. The monoisotopic (exact) mass is 142 g/mol. The van der Waals surface area contributed by atoms with Gasteiger partial charge in [-0.15, -0.1) is 0 Å². The summed E-state index contributed by atoms with van der Waals surface area (Å²) in [5.41, 5.74) is 4.69. The Hall–Kier alpha value is -1.10. The van der Waals surface area contributed by atoms with Crippen molar-refractivity contribution in [3.63, 3.8) is 0 Å². The van der Waals surface area contributed by atoms with Gasteiger partial charge in [-0.1, -0.05) is 0 Å². The molecule has 0 saturated carbocycles. The van der Waals surface area contributed by atoms with E-state index in [2.05, 4.69) is 4.99 Å². The van der Waals surface area contributed by atoms with Gasteiger partial charge in [0.25, 0.3) is 0 Å². The average Bonchev–Trinajstić information content (AvgIpc) is 2.04. The van der Waals surface area contributed by atoms with Crippen LogP contribution in [0.3, 0.4) is 0 Å². The molecule has 1 spiro atoms. The molecular weight excluding hydrogens is 136 g/mol. The van der Waals surface area contributed by atoms with Crippen LogP contribution in [0.25, 0.3) is 0 Å². The van der Waals surface area contributed by atoms with Crippen LogP contribution >= 0.6 is 0 Å². The van der Waals surface area contributed by atoms with Gasteiger partial charge in [-0.2, -0.15) is 4.99 Å². The molecule has 1 amide bonds. The molecular formula is C5H6N2O3. The highest BCUT2D eigenvalue weighted by Gasteiger charge is 2.50. The Labute approximate surface area is 56.8 Å². The van der Waals surface area contributed by atoms with Crippen LogP contribution in [0.5, 0.6) is 0 Å². The van der Waals surface area contributed by atoms with Crippen molar-refractivity contribution in [3.05, 3.63) is 0 Å². The molecule has 1 fully saturated rings. The largest absolute Gasteiger partial charge is 0.436 e. The second-order valence-corrected chi connectivity index (χ2v) is 2.35. The summed E-state index contributed by atoms with van der Waals surface area (Å²) in [4.78, 5) is 13.9. The van der Waals surface area contributed by atoms with E-state index in [9.17, 15) is 4.79 Å². The Bertz CT molecular complexity index is 219. The zero-order valence-corrected chi connectivity index (χ0v) is 5.16. The lowest BCUT2D eigenvalue weighted by Gasteiger charge is -2.34. The topological polar surface area (TPSA) is 73.9 Å². The maximum atomic E-state index is 10.5. The second kappa shape index (κ2) is 1.49. The average molecular weight is 142 g/mol. The van der Waals surface area contributed by atoms with E-state index in [1.807, 2.05) is 0 Å².